The number of likely N-dealkylation sites (tertiary alicyclic amines) is 1. The molecule has 0 spiro atoms. The second kappa shape index (κ2) is 7.71. The number of alkyl halides is 3. The smallest absolute Gasteiger partial charge is 0.365 e. The van der Waals surface area contributed by atoms with Gasteiger partial charge in [-0.3, -0.25) is 9.59 Å². The maximum Gasteiger partial charge on any atom is 0.403 e. The van der Waals surface area contributed by atoms with Gasteiger partial charge < -0.3 is 15.2 Å². The lowest BCUT2D eigenvalue weighted by Crippen LogP contribution is -2.58. The number of rotatable bonds is 3. The first-order chi connectivity index (χ1) is 15.7. The van der Waals surface area contributed by atoms with Gasteiger partial charge in [0.05, 0.1) is 10.9 Å². The number of benzene rings is 1. The molecule has 3 aromatic rings. The van der Waals surface area contributed by atoms with Crippen LogP contribution in [0.15, 0.2) is 35.3 Å². The number of carbonyl (C=O) groups excluding carboxylic acids is 1. The molecule has 1 atom stereocenters. The minimum absolute atomic E-state index is 0.119. The fraction of sp³-hybridized carbons (Fsp3) is 0.435. The van der Waals surface area contributed by atoms with Crippen LogP contribution in [0.2, 0.25) is 0 Å². The third-order valence-electron chi connectivity index (χ3n) is 6.89. The van der Waals surface area contributed by atoms with Crippen molar-refractivity contribution in [3.05, 3.63) is 46.6 Å². The molecular weight excluding hydrogens is 440 g/mol. The van der Waals surface area contributed by atoms with Crippen molar-refractivity contribution in [2.45, 2.75) is 44.3 Å². The van der Waals surface area contributed by atoms with Crippen LogP contribution >= 0.6 is 0 Å². The van der Waals surface area contributed by atoms with Gasteiger partial charge >= 0.3 is 6.18 Å². The van der Waals surface area contributed by atoms with Crippen LogP contribution in [0.1, 0.15) is 32.1 Å². The second-order valence-electron chi connectivity index (χ2n) is 8.89. The van der Waals surface area contributed by atoms with Crippen LogP contribution in [-0.4, -0.2) is 46.1 Å². The molecule has 1 aliphatic heterocycles. The average Bonchev–Trinajstić information content (AvgIpc) is 2.72. The predicted octanol–water partition coefficient (Wildman–Crippen LogP) is 4.35. The number of aromatic amines is 1. The molecule has 1 aliphatic carbocycles. The number of fused-ring (bicyclic) bond motifs is 3. The molecule has 2 aromatic heterocycles. The first-order valence-corrected chi connectivity index (χ1v) is 10.9. The number of piperidine rings is 1. The van der Waals surface area contributed by atoms with E-state index in [0.29, 0.717) is 41.4 Å². The van der Waals surface area contributed by atoms with E-state index in [2.05, 4.69) is 15.3 Å². The number of pyridine rings is 2. The highest BCUT2D eigenvalue weighted by Gasteiger charge is 2.64. The van der Waals surface area contributed by atoms with Gasteiger partial charge in [0.25, 0.3) is 5.56 Å². The molecule has 6 nitrogen and oxygen atoms in total. The van der Waals surface area contributed by atoms with E-state index < -0.39 is 28.9 Å². The molecular formula is C23H22F4N4O2. The van der Waals surface area contributed by atoms with Crippen molar-refractivity contribution in [1.29, 1.82) is 0 Å². The van der Waals surface area contributed by atoms with Crippen molar-refractivity contribution in [1.82, 2.24) is 14.9 Å². The Labute approximate surface area is 186 Å². The molecule has 10 heteroatoms. The molecule has 3 heterocycles. The maximum atomic E-state index is 14.0. The Balaban J connectivity index is 1.46. The Morgan fingerprint density at radius 1 is 1.18 bits per heavy atom. The molecule has 0 radical (unpaired) electrons. The van der Waals surface area contributed by atoms with Gasteiger partial charge in [-0.2, -0.15) is 13.2 Å². The Hall–Kier alpha value is -3.17. The molecule has 0 bridgehead atoms. The van der Waals surface area contributed by atoms with Crippen molar-refractivity contribution in [2.75, 3.05) is 18.4 Å². The third kappa shape index (κ3) is 3.52. The van der Waals surface area contributed by atoms with Crippen molar-refractivity contribution < 1.29 is 22.4 Å². The van der Waals surface area contributed by atoms with Crippen LogP contribution in [0.3, 0.4) is 0 Å². The average molecular weight is 462 g/mol. The second-order valence-corrected chi connectivity index (χ2v) is 8.89. The number of hydrogen-bond acceptors (Lipinski definition) is 4. The van der Waals surface area contributed by atoms with E-state index in [1.807, 2.05) is 0 Å². The van der Waals surface area contributed by atoms with Crippen LogP contribution < -0.4 is 10.9 Å². The SMILES string of the molecule is O=C(N1CCC[C@@H](Nc2nc3cc[nH]c(=O)c3c3cc(F)ccc23)C1)C1(C(F)(F)F)CCC1. The summed E-state index contributed by atoms with van der Waals surface area (Å²) in [7, 11) is 0. The van der Waals surface area contributed by atoms with Gasteiger partial charge in [0.1, 0.15) is 17.1 Å². The van der Waals surface area contributed by atoms with E-state index in [1.165, 1.54) is 29.3 Å². The minimum Gasteiger partial charge on any atom is -0.365 e. The summed E-state index contributed by atoms with van der Waals surface area (Å²) in [5, 5.41) is 4.41. The van der Waals surface area contributed by atoms with Crippen LogP contribution in [-0.2, 0) is 4.79 Å². The summed E-state index contributed by atoms with van der Waals surface area (Å²) in [4.78, 5) is 33.7. The molecule has 5 rings (SSSR count). The Morgan fingerprint density at radius 2 is 1.97 bits per heavy atom. The molecule has 1 amide bonds. The fourth-order valence-electron chi connectivity index (χ4n) is 4.97. The first kappa shape index (κ1) is 21.7. The molecule has 2 aliphatic rings. The number of anilines is 1. The number of carbonyl (C=O) groups is 1. The summed E-state index contributed by atoms with van der Waals surface area (Å²) < 4.78 is 55.0. The van der Waals surface area contributed by atoms with Gasteiger partial charge in [-0.25, -0.2) is 9.37 Å². The number of nitrogens with one attached hydrogen (secondary N) is 2. The van der Waals surface area contributed by atoms with E-state index >= 15 is 0 Å². The lowest BCUT2D eigenvalue weighted by Gasteiger charge is -2.46. The summed E-state index contributed by atoms with van der Waals surface area (Å²) in [5.41, 5.74) is -2.29. The number of aromatic nitrogens is 2. The molecule has 174 valence electrons. The first-order valence-electron chi connectivity index (χ1n) is 10.9. The minimum atomic E-state index is -4.56. The zero-order valence-corrected chi connectivity index (χ0v) is 17.6. The highest BCUT2D eigenvalue weighted by molar-refractivity contribution is 6.09. The van der Waals surface area contributed by atoms with Crippen molar-refractivity contribution in [3.63, 3.8) is 0 Å². The largest absolute Gasteiger partial charge is 0.403 e. The van der Waals surface area contributed by atoms with Gasteiger partial charge in [0, 0.05) is 36.1 Å². The molecule has 2 fully saturated rings. The molecule has 33 heavy (non-hydrogen) atoms. The zero-order valence-electron chi connectivity index (χ0n) is 17.6. The van der Waals surface area contributed by atoms with Crippen LogP contribution in [0.5, 0.6) is 0 Å². The monoisotopic (exact) mass is 462 g/mol. The standard InChI is InChI=1S/C23H22F4N4O2/c24-13-4-5-15-16(11-13)18-17(6-9-28-20(18)32)30-19(15)29-14-3-1-10-31(12-14)21(33)22(7-2-8-22)23(25,26)27/h4-6,9,11,14H,1-3,7-8,10,12H2,(H,28,32)(H,29,30)/t14-/m1/s1. The van der Waals surface area contributed by atoms with Crippen molar-refractivity contribution >= 4 is 33.4 Å². The summed E-state index contributed by atoms with van der Waals surface area (Å²) in [6, 6.07) is 5.32. The zero-order chi connectivity index (χ0) is 23.4. The topological polar surface area (TPSA) is 78.1 Å². The van der Waals surface area contributed by atoms with E-state index in [4.69, 9.17) is 0 Å². The van der Waals surface area contributed by atoms with Gasteiger partial charge in [-0.15, -0.1) is 0 Å². The van der Waals surface area contributed by atoms with E-state index in [0.717, 1.165) is 0 Å². The normalized spacial score (nSPS) is 20.6. The van der Waals surface area contributed by atoms with Crippen LogP contribution in [0.25, 0.3) is 21.7 Å². The highest BCUT2D eigenvalue weighted by atomic mass is 19.4. The molecule has 1 saturated carbocycles. The Bertz CT molecular complexity index is 1300. The number of nitrogens with zero attached hydrogens (tertiary/aromatic N) is 2. The lowest BCUT2D eigenvalue weighted by atomic mass is 9.67. The van der Waals surface area contributed by atoms with Gasteiger partial charge in [-0.1, -0.05) is 6.42 Å². The summed E-state index contributed by atoms with van der Waals surface area (Å²) in [6.07, 6.45) is -1.86. The lowest BCUT2D eigenvalue weighted by molar-refractivity contribution is -0.248. The van der Waals surface area contributed by atoms with Gasteiger partial charge in [0.15, 0.2) is 0 Å². The summed E-state index contributed by atoms with van der Waals surface area (Å²) in [5.74, 6) is -0.953. The molecule has 0 unspecified atom stereocenters. The Morgan fingerprint density at radius 3 is 2.67 bits per heavy atom. The number of hydrogen-bond donors (Lipinski definition) is 2. The van der Waals surface area contributed by atoms with E-state index in [9.17, 15) is 27.2 Å². The fourth-order valence-corrected chi connectivity index (χ4v) is 4.97. The third-order valence-corrected chi connectivity index (χ3v) is 6.89. The van der Waals surface area contributed by atoms with E-state index in [1.54, 1.807) is 6.07 Å². The number of halogens is 4. The predicted molar refractivity (Wildman–Crippen MR) is 115 cm³/mol. The number of amides is 1. The maximum absolute atomic E-state index is 14.0. The highest BCUT2D eigenvalue weighted by Crippen LogP contribution is 2.54. The molecule has 2 N–H and O–H groups in total. The number of H-pyrrole nitrogens is 1. The van der Waals surface area contributed by atoms with E-state index in [-0.39, 0.29) is 37.4 Å². The van der Waals surface area contributed by atoms with Crippen LogP contribution in [0, 0.1) is 11.2 Å². The van der Waals surface area contributed by atoms with Crippen molar-refractivity contribution in [3.8, 4) is 0 Å². The Kier molecular flexibility index (Phi) is 5.06. The quantitative estimate of drug-likeness (QED) is 0.448. The van der Waals surface area contributed by atoms with Gasteiger partial charge in [-0.05, 0) is 49.9 Å². The van der Waals surface area contributed by atoms with Crippen LogP contribution in [0.4, 0.5) is 23.4 Å². The molecule has 1 aromatic carbocycles. The van der Waals surface area contributed by atoms with Crippen molar-refractivity contribution in [2.24, 2.45) is 5.41 Å². The molecule has 1 saturated heterocycles. The van der Waals surface area contributed by atoms with Gasteiger partial charge in [0.2, 0.25) is 5.91 Å². The summed E-state index contributed by atoms with van der Waals surface area (Å²) >= 11 is 0. The summed E-state index contributed by atoms with van der Waals surface area (Å²) in [6.45, 7) is 0.399.